The fourth-order valence-electron chi connectivity index (χ4n) is 1.86. The number of carbonyl (C=O) groups is 1. The summed E-state index contributed by atoms with van der Waals surface area (Å²) in [5.41, 5.74) is 1.07. The lowest BCUT2D eigenvalue weighted by atomic mass is 10.2. The number of amides is 2. The average Bonchev–Trinajstić information content (AvgIpc) is 2.95. The van der Waals surface area contributed by atoms with Crippen LogP contribution < -0.4 is 5.32 Å². The molecule has 0 aliphatic heterocycles. The minimum absolute atomic E-state index is 0.180. The summed E-state index contributed by atoms with van der Waals surface area (Å²) >= 11 is 4.84. The number of urea groups is 1. The monoisotopic (exact) mass is 382 g/mol. The highest BCUT2D eigenvalue weighted by Crippen LogP contribution is 2.18. The van der Waals surface area contributed by atoms with Gasteiger partial charge in [0.15, 0.2) is 0 Å². The second kappa shape index (κ2) is 8.24. The van der Waals surface area contributed by atoms with Gasteiger partial charge in [-0.25, -0.2) is 4.79 Å². The molecule has 22 heavy (non-hydrogen) atoms. The van der Waals surface area contributed by atoms with Crippen LogP contribution in [0.15, 0.2) is 28.7 Å². The molecule has 0 aliphatic rings. The molecule has 0 saturated heterocycles. The number of anilines is 1. The number of aromatic nitrogens is 2. The topological polar surface area (TPSA) is 58.1 Å². The Kier molecular flexibility index (Phi) is 6.33. The van der Waals surface area contributed by atoms with E-state index in [9.17, 15) is 4.79 Å². The fraction of sp³-hybridized carbons (Fsp3) is 0.400. The van der Waals surface area contributed by atoms with Gasteiger partial charge in [0, 0.05) is 24.5 Å². The summed E-state index contributed by atoms with van der Waals surface area (Å²) in [6.45, 7) is 2.68. The molecule has 5 nitrogen and oxygen atoms in total. The summed E-state index contributed by atoms with van der Waals surface area (Å²) in [5, 5.41) is 12.4. The van der Waals surface area contributed by atoms with Gasteiger partial charge in [0.1, 0.15) is 5.01 Å². The lowest BCUT2D eigenvalue weighted by Gasteiger charge is -2.16. The van der Waals surface area contributed by atoms with Gasteiger partial charge >= 0.3 is 6.03 Å². The second-order valence-corrected chi connectivity index (χ2v) is 6.99. The van der Waals surface area contributed by atoms with Crippen LogP contribution in [0.2, 0.25) is 0 Å². The summed E-state index contributed by atoms with van der Waals surface area (Å²) in [6.07, 6.45) is 3.13. The van der Waals surface area contributed by atoms with Gasteiger partial charge in [-0.2, -0.15) is 0 Å². The van der Waals surface area contributed by atoms with Crippen LogP contribution in [0.5, 0.6) is 0 Å². The highest BCUT2D eigenvalue weighted by atomic mass is 79.9. The maximum atomic E-state index is 12.2. The van der Waals surface area contributed by atoms with Crippen LogP contribution in [0.25, 0.3) is 0 Å². The first-order chi connectivity index (χ1) is 10.6. The minimum Gasteiger partial charge on any atom is -0.323 e. The van der Waals surface area contributed by atoms with Crippen LogP contribution in [-0.2, 0) is 13.0 Å². The predicted octanol–water partition coefficient (Wildman–Crippen LogP) is 4.31. The van der Waals surface area contributed by atoms with Crippen molar-refractivity contribution in [3.05, 3.63) is 39.3 Å². The number of carbonyl (C=O) groups excluding carboxylic acids is 1. The summed E-state index contributed by atoms with van der Waals surface area (Å²) in [5.74, 6) is 0. The Bertz CT molecular complexity index is 614. The third-order valence-electron chi connectivity index (χ3n) is 3.10. The highest BCUT2D eigenvalue weighted by Gasteiger charge is 2.12. The Hall–Kier alpha value is -1.47. The number of nitrogens with one attached hydrogen (secondary N) is 1. The number of hydrogen-bond acceptors (Lipinski definition) is 4. The van der Waals surface area contributed by atoms with Crippen molar-refractivity contribution < 1.29 is 4.79 Å². The van der Waals surface area contributed by atoms with E-state index >= 15 is 0 Å². The average molecular weight is 383 g/mol. The molecule has 0 radical (unpaired) electrons. The molecule has 0 saturated carbocycles. The van der Waals surface area contributed by atoms with Gasteiger partial charge in [0.05, 0.1) is 0 Å². The molecule has 1 heterocycles. The summed E-state index contributed by atoms with van der Waals surface area (Å²) in [4.78, 5) is 13.8. The first-order valence-electron chi connectivity index (χ1n) is 7.17. The molecule has 2 rings (SSSR count). The SMILES string of the molecule is CCCCc1nnc(NC(=O)N(C)Cc2ccc(Br)cc2)s1. The molecule has 0 spiro atoms. The Morgan fingerprint density at radius 1 is 1.32 bits per heavy atom. The van der Waals surface area contributed by atoms with E-state index in [4.69, 9.17) is 0 Å². The fourth-order valence-corrected chi connectivity index (χ4v) is 2.89. The first kappa shape index (κ1) is 16.9. The van der Waals surface area contributed by atoms with Crippen LogP contribution in [-0.4, -0.2) is 28.2 Å². The van der Waals surface area contributed by atoms with E-state index < -0.39 is 0 Å². The van der Waals surface area contributed by atoms with Crippen molar-refractivity contribution in [2.75, 3.05) is 12.4 Å². The molecule has 1 aromatic carbocycles. The molecule has 2 amide bonds. The molecule has 0 unspecified atom stereocenters. The van der Waals surface area contributed by atoms with Gasteiger partial charge < -0.3 is 4.90 Å². The van der Waals surface area contributed by atoms with E-state index in [0.717, 1.165) is 34.3 Å². The Balaban J connectivity index is 1.88. The Morgan fingerprint density at radius 3 is 2.73 bits per heavy atom. The molecule has 0 aliphatic carbocycles. The predicted molar refractivity (Wildman–Crippen MR) is 93.1 cm³/mol. The first-order valence-corrected chi connectivity index (χ1v) is 8.78. The number of halogens is 1. The van der Waals surface area contributed by atoms with E-state index in [-0.39, 0.29) is 6.03 Å². The van der Waals surface area contributed by atoms with Gasteiger partial charge in [-0.1, -0.05) is 52.7 Å². The number of aryl methyl sites for hydroxylation is 1. The van der Waals surface area contributed by atoms with E-state index in [1.165, 1.54) is 11.3 Å². The van der Waals surface area contributed by atoms with Crippen molar-refractivity contribution in [2.45, 2.75) is 32.7 Å². The highest BCUT2D eigenvalue weighted by molar-refractivity contribution is 9.10. The maximum Gasteiger partial charge on any atom is 0.323 e. The van der Waals surface area contributed by atoms with Crippen molar-refractivity contribution in [2.24, 2.45) is 0 Å². The molecule has 0 bridgehead atoms. The molecular formula is C15H19BrN4OS. The van der Waals surface area contributed by atoms with Crippen LogP contribution in [0.1, 0.15) is 30.3 Å². The largest absolute Gasteiger partial charge is 0.323 e. The zero-order valence-electron chi connectivity index (χ0n) is 12.7. The smallest absolute Gasteiger partial charge is 0.323 e. The third-order valence-corrected chi connectivity index (χ3v) is 4.53. The minimum atomic E-state index is -0.180. The summed E-state index contributed by atoms with van der Waals surface area (Å²) in [6, 6.07) is 7.72. The van der Waals surface area contributed by atoms with Gasteiger partial charge in [0.25, 0.3) is 0 Å². The van der Waals surface area contributed by atoms with E-state index in [1.807, 2.05) is 24.3 Å². The second-order valence-electron chi connectivity index (χ2n) is 5.02. The quantitative estimate of drug-likeness (QED) is 0.809. The molecule has 0 fully saturated rings. The van der Waals surface area contributed by atoms with Gasteiger partial charge in [-0.3, -0.25) is 5.32 Å². The standard InChI is InChI=1S/C15H19BrN4OS/c1-3-4-5-13-18-19-14(22-13)17-15(21)20(2)10-11-6-8-12(16)9-7-11/h6-9H,3-5,10H2,1-2H3,(H,17,19,21). The number of rotatable bonds is 6. The van der Waals surface area contributed by atoms with Gasteiger partial charge in [-0.05, 0) is 24.1 Å². The number of benzene rings is 1. The molecular weight excluding hydrogens is 364 g/mol. The zero-order chi connectivity index (χ0) is 15.9. The molecule has 118 valence electrons. The van der Waals surface area contributed by atoms with Crippen LogP contribution in [0, 0.1) is 0 Å². The summed E-state index contributed by atoms with van der Waals surface area (Å²) < 4.78 is 1.02. The molecule has 7 heteroatoms. The third kappa shape index (κ3) is 5.06. The Labute approximate surface area is 142 Å². The van der Waals surface area contributed by atoms with E-state index in [1.54, 1.807) is 11.9 Å². The molecule has 0 atom stereocenters. The normalized spacial score (nSPS) is 10.5. The number of nitrogens with zero attached hydrogens (tertiary/aromatic N) is 3. The van der Waals surface area contributed by atoms with E-state index in [0.29, 0.717) is 11.7 Å². The van der Waals surface area contributed by atoms with Gasteiger partial charge in [-0.15, -0.1) is 10.2 Å². The van der Waals surface area contributed by atoms with Gasteiger partial charge in [0.2, 0.25) is 5.13 Å². The van der Waals surface area contributed by atoms with Crippen molar-refractivity contribution in [3.8, 4) is 0 Å². The van der Waals surface area contributed by atoms with Crippen molar-refractivity contribution in [1.29, 1.82) is 0 Å². The molecule has 1 N–H and O–H groups in total. The Morgan fingerprint density at radius 2 is 2.05 bits per heavy atom. The van der Waals surface area contributed by atoms with Crippen LogP contribution >= 0.6 is 27.3 Å². The van der Waals surface area contributed by atoms with E-state index in [2.05, 4.69) is 38.4 Å². The van der Waals surface area contributed by atoms with Crippen molar-refractivity contribution >= 4 is 38.4 Å². The molecule has 2 aromatic rings. The number of unbranched alkanes of at least 4 members (excludes halogenated alkanes) is 1. The van der Waals surface area contributed by atoms with Crippen molar-refractivity contribution in [3.63, 3.8) is 0 Å². The van der Waals surface area contributed by atoms with Crippen LogP contribution in [0.4, 0.5) is 9.93 Å². The lowest BCUT2D eigenvalue weighted by molar-refractivity contribution is 0.220. The lowest BCUT2D eigenvalue weighted by Crippen LogP contribution is -2.30. The summed E-state index contributed by atoms with van der Waals surface area (Å²) in [7, 11) is 1.76. The number of hydrogen-bond donors (Lipinski definition) is 1. The van der Waals surface area contributed by atoms with Crippen LogP contribution in [0.3, 0.4) is 0 Å². The molecule has 1 aromatic heterocycles. The zero-order valence-corrected chi connectivity index (χ0v) is 15.1. The maximum absolute atomic E-state index is 12.2. The van der Waals surface area contributed by atoms with Crippen molar-refractivity contribution in [1.82, 2.24) is 15.1 Å².